The predicted octanol–water partition coefficient (Wildman–Crippen LogP) is 1.94. The maximum Gasteiger partial charge on any atom is 0.224 e. The van der Waals surface area contributed by atoms with Crippen LogP contribution in [-0.2, 0) is 11.2 Å². The van der Waals surface area contributed by atoms with Gasteiger partial charge in [-0.05, 0) is 24.1 Å². The van der Waals surface area contributed by atoms with Crippen molar-refractivity contribution in [3.05, 3.63) is 35.6 Å². The van der Waals surface area contributed by atoms with Crippen LogP contribution < -0.4 is 11.1 Å². The van der Waals surface area contributed by atoms with Gasteiger partial charge in [-0.2, -0.15) is 0 Å². The van der Waals surface area contributed by atoms with Crippen LogP contribution in [0.2, 0.25) is 0 Å². The number of halogens is 1. The summed E-state index contributed by atoms with van der Waals surface area (Å²) in [6, 6.07) is 5.96. The highest BCUT2D eigenvalue weighted by molar-refractivity contribution is 7.80. The first-order valence-electron chi connectivity index (χ1n) is 5.83. The van der Waals surface area contributed by atoms with Crippen LogP contribution in [0.25, 0.3) is 0 Å². The molecule has 1 amide bonds. The summed E-state index contributed by atoms with van der Waals surface area (Å²) >= 11 is 4.81. The van der Waals surface area contributed by atoms with Crippen LogP contribution in [0.1, 0.15) is 25.3 Å². The Bertz CT molecular complexity index is 437. The second kappa shape index (κ2) is 7.06. The molecule has 1 rings (SSSR count). The van der Waals surface area contributed by atoms with E-state index in [9.17, 15) is 9.18 Å². The first kappa shape index (κ1) is 14.6. The minimum atomic E-state index is -0.338. The molecule has 1 atom stereocenters. The number of amides is 1. The fraction of sp³-hybridized carbons (Fsp3) is 0.385. The Kier molecular flexibility index (Phi) is 5.71. The monoisotopic (exact) mass is 268 g/mol. The summed E-state index contributed by atoms with van der Waals surface area (Å²) in [5.41, 5.74) is 6.10. The molecule has 1 aromatic carbocycles. The molecule has 0 aliphatic rings. The molecule has 3 nitrogen and oxygen atoms in total. The summed E-state index contributed by atoms with van der Waals surface area (Å²) in [6.45, 7) is 1.95. The van der Waals surface area contributed by atoms with Gasteiger partial charge < -0.3 is 11.1 Å². The zero-order valence-electron chi connectivity index (χ0n) is 10.3. The quantitative estimate of drug-likeness (QED) is 0.775. The van der Waals surface area contributed by atoms with Gasteiger partial charge in [0.15, 0.2) is 0 Å². The molecule has 0 aromatic heterocycles. The fourth-order valence-corrected chi connectivity index (χ4v) is 1.85. The Labute approximate surface area is 112 Å². The van der Waals surface area contributed by atoms with E-state index in [4.69, 9.17) is 18.0 Å². The van der Waals surface area contributed by atoms with Gasteiger partial charge in [-0.15, -0.1) is 0 Å². The van der Waals surface area contributed by atoms with Gasteiger partial charge in [0, 0.05) is 12.5 Å². The molecule has 0 bridgehead atoms. The lowest BCUT2D eigenvalue weighted by Gasteiger charge is -2.16. The molecule has 0 radical (unpaired) electrons. The number of hydrogen-bond acceptors (Lipinski definition) is 2. The molecule has 1 unspecified atom stereocenters. The number of nitrogens with one attached hydrogen (secondary N) is 1. The highest BCUT2D eigenvalue weighted by Gasteiger charge is 2.12. The van der Waals surface area contributed by atoms with Gasteiger partial charge in [0.05, 0.1) is 11.4 Å². The van der Waals surface area contributed by atoms with Crippen molar-refractivity contribution in [2.45, 2.75) is 32.2 Å². The minimum absolute atomic E-state index is 0.0523. The Balaban J connectivity index is 2.52. The summed E-state index contributed by atoms with van der Waals surface area (Å²) in [5, 5.41) is 2.84. The van der Waals surface area contributed by atoms with Crippen LogP contribution in [0.5, 0.6) is 0 Å². The summed E-state index contributed by atoms with van der Waals surface area (Å²) in [6.07, 6.45) is 1.40. The fourth-order valence-electron chi connectivity index (χ4n) is 1.65. The number of carbonyl (C=O) groups is 1. The molecule has 0 spiro atoms. The normalized spacial score (nSPS) is 11.9. The predicted molar refractivity (Wildman–Crippen MR) is 73.7 cm³/mol. The number of thiocarbonyl (C=S) groups is 1. The molecular formula is C13H17FN2OS. The highest BCUT2D eigenvalue weighted by atomic mass is 32.1. The van der Waals surface area contributed by atoms with Crippen molar-refractivity contribution in [3.63, 3.8) is 0 Å². The molecule has 3 N–H and O–H groups in total. The summed E-state index contributed by atoms with van der Waals surface area (Å²) in [7, 11) is 0. The number of nitrogens with two attached hydrogens (primary N) is 1. The van der Waals surface area contributed by atoms with Crippen LogP contribution >= 0.6 is 12.2 Å². The number of rotatable bonds is 6. The van der Waals surface area contributed by atoms with Gasteiger partial charge in [0.2, 0.25) is 5.91 Å². The Morgan fingerprint density at radius 2 is 2.28 bits per heavy atom. The van der Waals surface area contributed by atoms with E-state index in [1.807, 2.05) is 6.92 Å². The molecular weight excluding hydrogens is 251 g/mol. The first-order chi connectivity index (χ1) is 8.51. The first-order valence-corrected chi connectivity index (χ1v) is 6.24. The highest BCUT2D eigenvalue weighted by Crippen LogP contribution is 2.05. The van der Waals surface area contributed by atoms with Crippen molar-refractivity contribution >= 4 is 23.1 Å². The smallest absolute Gasteiger partial charge is 0.224 e. The number of carbonyl (C=O) groups excluding carboxylic acids is 1. The second-order valence-electron chi connectivity index (χ2n) is 4.15. The van der Waals surface area contributed by atoms with E-state index in [0.717, 1.165) is 6.42 Å². The molecule has 5 heteroatoms. The maximum atomic E-state index is 13.0. The summed E-state index contributed by atoms with van der Waals surface area (Å²) < 4.78 is 13.0. The standard InChI is InChI=1S/C13H17FN2OS/c1-2-11(8-12(15)18)16-13(17)7-9-4-3-5-10(14)6-9/h3-6,11H,2,7-8H2,1H3,(H2,15,18)(H,16,17). The van der Waals surface area contributed by atoms with Crippen LogP contribution in [0.15, 0.2) is 24.3 Å². The van der Waals surface area contributed by atoms with Crippen LogP contribution in [-0.4, -0.2) is 16.9 Å². The third kappa shape index (κ3) is 5.23. The molecule has 0 heterocycles. The van der Waals surface area contributed by atoms with Crippen molar-refractivity contribution in [1.82, 2.24) is 5.32 Å². The van der Waals surface area contributed by atoms with E-state index in [1.54, 1.807) is 12.1 Å². The molecule has 0 saturated heterocycles. The SMILES string of the molecule is CCC(CC(N)=S)NC(=O)Cc1cccc(F)c1. The average Bonchev–Trinajstić information content (AvgIpc) is 2.27. The lowest BCUT2D eigenvalue weighted by Crippen LogP contribution is -2.37. The van der Waals surface area contributed by atoms with E-state index in [0.29, 0.717) is 17.0 Å². The van der Waals surface area contributed by atoms with E-state index >= 15 is 0 Å². The topological polar surface area (TPSA) is 55.1 Å². The summed E-state index contributed by atoms with van der Waals surface area (Å²) in [4.78, 5) is 12.1. The van der Waals surface area contributed by atoms with Gasteiger partial charge >= 0.3 is 0 Å². The second-order valence-corrected chi connectivity index (χ2v) is 4.67. The Hall–Kier alpha value is -1.49. The van der Waals surface area contributed by atoms with Crippen molar-refractivity contribution < 1.29 is 9.18 Å². The van der Waals surface area contributed by atoms with Crippen molar-refractivity contribution in [1.29, 1.82) is 0 Å². The van der Waals surface area contributed by atoms with Crippen molar-refractivity contribution in [2.24, 2.45) is 5.73 Å². The largest absolute Gasteiger partial charge is 0.393 e. The molecule has 18 heavy (non-hydrogen) atoms. The average molecular weight is 268 g/mol. The number of benzene rings is 1. The molecule has 0 saturated carbocycles. The zero-order valence-corrected chi connectivity index (χ0v) is 11.1. The van der Waals surface area contributed by atoms with Crippen LogP contribution in [0.3, 0.4) is 0 Å². The zero-order chi connectivity index (χ0) is 13.5. The van der Waals surface area contributed by atoms with Gasteiger partial charge in [0.1, 0.15) is 5.82 Å². The maximum absolute atomic E-state index is 13.0. The number of hydrogen-bond donors (Lipinski definition) is 2. The van der Waals surface area contributed by atoms with Gasteiger partial charge in [0.25, 0.3) is 0 Å². The van der Waals surface area contributed by atoms with Crippen LogP contribution in [0.4, 0.5) is 4.39 Å². The van der Waals surface area contributed by atoms with Crippen LogP contribution in [0, 0.1) is 5.82 Å². The van der Waals surface area contributed by atoms with Gasteiger partial charge in [-0.1, -0.05) is 31.3 Å². The molecule has 0 aliphatic heterocycles. The van der Waals surface area contributed by atoms with Crippen molar-refractivity contribution in [3.8, 4) is 0 Å². The van der Waals surface area contributed by atoms with Crippen molar-refractivity contribution in [2.75, 3.05) is 0 Å². The summed E-state index contributed by atoms with van der Waals surface area (Å²) in [5.74, 6) is -0.487. The Morgan fingerprint density at radius 1 is 1.56 bits per heavy atom. The molecule has 1 aromatic rings. The minimum Gasteiger partial charge on any atom is -0.393 e. The van der Waals surface area contributed by atoms with E-state index in [-0.39, 0.29) is 24.2 Å². The van der Waals surface area contributed by atoms with Gasteiger partial charge in [-0.3, -0.25) is 4.79 Å². The van der Waals surface area contributed by atoms with E-state index in [2.05, 4.69) is 5.32 Å². The molecule has 98 valence electrons. The third-order valence-corrected chi connectivity index (χ3v) is 2.73. The molecule has 0 fully saturated rings. The van der Waals surface area contributed by atoms with E-state index in [1.165, 1.54) is 12.1 Å². The third-order valence-electron chi connectivity index (χ3n) is 2.56. The molecule has 0 aliphatic carbocycles. The van der Waals surface area contributed by atoms with E-state index < -0.39 is 0 Å². The Morgan fingerprint density at radius 3 is 2.83 bits per heavy atom. The lowest BCUT2D eigenvalue weighted by atomic mass is 10.1. The lowest BCUT2D eigenvalue weighted by molar-refractivity contribution is -0.121. The van der Waals surface area contributed by atoms with Gasteiger partial charge in [-0.25, -0.2) is 4.39 Å².